The molecule has 0 spiro atoms. The number of rotatable bonds is 2. The van der Waals surface area contributed by atoms with Crippen LogP contribution in [0.1, 0.15) is 27.0 Å². The molecule has 2 aromatic carbocycles. The van der Waals surface area contributed by atoms with Crippen molar-refractivity contribution < 1.29 is 22.7 Å². The smallest absolute Gasteiger partial charge is 0.416 e. The van der Waals surface area contributed by atoms with Gasteiger partial charge < -0.3 is 14.6 Å². The average Bonchev–Trinajstić information content (AvgIpc) is 3.22. The molecule has 0 bridgehead atoms. The van der Waals surface area contributed by atoms with Gasteiger partial charge in [0.1, 0.15) is 0 Å². The largest absolute Gasteiger partial charge is 0.465 e. The Balaban J connectivity index is 1.68. The molecule has 2 heterocycles. The van der Waals surface area contributed by atoms with Crippen molar-refractivity contribution in [2.75, 3.05) is 12.0 Å². The number of alkyl halides is 3. The number of esters is 1. The van der Waals surface area contributed by atoms with Crippen LogP contribution in [0.4, 0.5) is 19.1 Å². The van der Waals surface area contributed by atoms with E-state index in [0.717, 1.165) is 23.3 Å². The van der Waals surface area contributed by atoms with Crippen molar-refractivity contribution in [2.24, 2.45) is 0 Å². The predicted molar refractivity (Wildman–Crippen MR) is 88.8 cm³/mol. The van der Waals surface area contributed by atoms with Crippen molar-refractivity contribution in [3.8, 4) is 0 Å². The zero-order valence-electron chi connectivity index (χ0n) is 13.7. The fraction of sp³-hybridized carbons (Fsp3) is 0.222. The Morgan fingerprint density at radius 1 is 1.23 bits per heavy atom. The molecule has 8 heteroatoms. The van der Waals surface area contributed by atoms with Gasteiger partial charge in [0.05, 0.1) is 29.3 Å². The molecule has 1 aliphatic rings. The summed E-state index contributed by atoms with van der Waals surface area (Å²) in [6, 6.07) is 8.80. The Kier molecular flexibility index (Phi) is 3.64. The molecular formula is C18H14F3N3O2. The second-order valence-corrected chi connectivity index (χ2v) is 6.08. The van der Waals surface area contributed by atoms with E-state index in [-0.39, 0.29) is 0 Å². The van der Waals surface area contributed by atoms with Gasteiger partial charge >= 0.3 is 12.1 Å². The van der Waals surface area contributed by atoms with Gasteiger partial charge in [0.25, 0.3) is 0 Å². The Morgan fingerprint density at radius 3 is 2.77 bits per heavy atom. The summed E-state index contributed by atoms with van der Waals surface area (Å²) in [5.74, 6) is 0.0504. The van der Waals surface area contributed by atoms with Gasteiger partial charge in [-0.3, -0.25) is 0 Å². The summed E-state index contributed by atoms with van der Waals surface area (Å²) in [6.45, 7) is 0.929. The van der Waals surface area contributed by atoms with Crippen LogP contribution in [0.15, 0.2) is 36.4 Å². The maximum atomic E-state index is 12.9. The van der Waals surface area contributed by atoms with E-state index in [2.05, 4.69) is 9.97 Å². The first-order valence-electron chi connectivity index (χ1n) is 7.88. The number of anilines is 1. The lowest BCUT2D eigenvalue weighted by Gasteiger charge is -2.13. The number of methoxy groups -OCH3 is 1. The van der Waals surface area contributed by atoms with Crippen molar-refractivity contribution in [1.29, 1.82) is 0 Å². The van der Waals surface area contributed by atoms with Gasteiger partial charge in [-0.25, -0.2) is 9.78 Å². The SMILES string of the molecule is COC(=O)c1cccc2c1CN(c1nc3ccc(C(F)(F)F)cc3[nH]1)C2. The number of nitrogens with one attached hydrogen (secondary N) is 1. The number of fused-ring (bicyclic) bond motifs is 2. The van der Waals surface area contributed by atoms with Gasteiger partial charge in [0, 0.05) is 13.1 Å². The van der Waals surface area contributed by atoms with Crippen molar-refractivity contribution in [1.82, 2.24) is 9.97 Å². The first-order valence-corrected chi connectivity index (χ1v) is 7.88. The van der Waals surface area contributed by atoms with E-state index in [1.807, 2.05) is 11.0 Å². The molecule has 5 nitrogen and oxygen atoms in total. The molecule has 0 unspecified atom stereocenters. The van der Waals surface area contributed by atoms with Crippen LogP contribution in [-0.4, -0.2) is 23.0 Å². The minimum Gasteiger partial charge on any atom is -0.465 e. The number of aromatic nitrogens is 2. The van der Waals surface area contributed by atoms with Crippen LogP contribution in [0.5, 0.6) is 0 Å². The molecule has 0 amide bonds. The van der Waals surface area contributed by atoms with Gasteiger partial charge in [-0.15, -0.1) is 0 Å². The number of carbonyl (C=O) groups is 1. The first-order chi connectivity index (χ1) is 12.4. The summed E-state index contributed by atoms with van der Waals surface area (Å²) in [5.41, 5.74) is 2.34. The molecule has 1 aromatic heterocycles. The van der Waals surface area contributed by atoms with E-state index in [9.17, 15) is 18.0 Å². The summed E-state index contributed by atoms with van der Waals surface area (Å²) in [5, 5.41) is 0. The lowest BCUT2D eigenvalue weighted by molar-refractivity contribution is -0.137. The summed E-state index contributed by atoms with van der Waals surface area (Å²) >= 11 is 0. The molecule has 0 saturated carbocycles. The van der Waals surface area contributed by atoms with Crippen LogP contribution < -0.4 is 4.90 Å². The van der Waals surface area contributed by atoms with Crippen LogP contribution in [0.3, 0.4) is 0 Å². The van der Waals surface area contributed by atoms with Gasteiger partial charge in [0.15, 0.2) is 0 Å². The number of nitrogens with zero attached hydrogens (tertiary/aromatic N) is 2. The van der Waals surface area contributed by atoms with Gasteiger partial charge in [-0.2, -0.15) is 13.2 Å². The minimum absolute atomic E-state index is 0.318. The molecule has 0 fully saturated rings. The Morgan fingerprint density at radius 2 is 2.04 bits per heavy atom. The van der Waals surface area contributed by atoms with Crippen LogP contribution in [-0.2, 0) is 24.0 Å². The lowest BCUT2D eigenvalue weighted by atomic mass is 10.0. The number of ether oxygens (including phenoxy) is 1. The number of carbonyl (C=O) groups excluding carboxylic acids is 1. The standard InChI is InChI=1S/C18H14F3N3O2/c1-26-16(25)12-4-2-3-10-8-24(9-13(10)12)17-22-14-6-5-11(18(19,20)21)7-15(14)23-17/h2-7H,8-9H2,1H3,(H,22,23). The third kappa shape index (κ3) is 2.67. The normalized spacial score (nSPS) is 13.9. The highest BCUT2D eigenvalue weighted by Crippen LogP contribution is 2.33. The number of imidazole rings is 1. The first kappa shape index (κ1) is 16.4. The number of hydrogen-bond acceptors (Lipinski definition) is 4. The molecular weight excluding hydrogens is 347 g/mol. The second-order valence-electron chi connectivity index (χ2n) is 6.08. The van der Waals surface area contributed by atoms with E-state index < -0.39 is 17.7 Å². The monoisotopic (exact) mass is 361 g/mol. The summed E-state index contributed by atoms with van der Waals surface area (Å²) in [6.07, 6.45) is -4.40. The van der Waals surface area contributed by atoms with Crippen molar-refractivity contribution in [2.45, 2.75) is 19.3 Å². The maximum Gasteiger partial charge on any atom is 0.416 e. The van der Waals surface area contributed by atoms with Crippen LogP contribution in [0.2, 0.25) is 0 Å². The number of benzene rings is 2. The number of aromatic amines is 1. The highest BCUT2D eigenvalue weighted by molar-refractivity contribution is 5.92. The fourth-order valence-electron chi connectivity index (χ4n) is 3.20. The number of hydrogen-bond donors (Lipinski definition) is 1. The highest BCUT2D eigenvalue weighted by Gasteiger charge is 2.31. The zero-order valence-corrected chi connectivity index (χ0v) is 13.7. The average molecular weight is 361 g/mol. The van der Waals surface area contributed by atoms with E-state index in [1.165, 1.54) is 13.2 Å². The Labute approximate surface area is 146 Å². The highest BCUT2D eigenvalue weighted by atomic mass is 19.4. The Hall–Kier alpha value is -3.03. The molecule has 134 valence electrons. The third-order valence-electron chi connectivity index (χ3n) is 4.48. The topological polar surface area (TPSA) is 58.2 Å². The predicted octanol–water partition coefficient (Wildman–Crippen LogP) is 3.89. The summed E-state index contributed by atoms with van der Waals surface area (Å²) < 4.78 is 43.4. The van der Waals surface area contributed by atoms with Gasteiger partial charge in [-0.05, 0) is 35.4 Å². The van der Waals surface area contributed by atoms with E-state index in [1.54, 1.807) is 12.1 Å². The Bertz CT molecular complexity index is 1010. The van der Waals surface area contributed by atoms with E-state index >= 15 is 0 Å². The van der Waals surface area contributed by atoms with Gasteiger partial charge in [-0.1, -0.05) is 12.1 Å². The molecule has 0 aliphatic carbocycles. The molecule has 0 saturated heterocycles. The van der Waals surface area contributed by atoms with Crippen molar-refractivity contribution in [3.05, 3.63) is 58.7 Å². The van der Waals surface area contributed by atoms with E-state index in [0.29, 0.717) is 35.6 Å². The van der Waals surface area contributed by atoms with Crippen LogP contribution in [0, 0.1) is 0 Å². The fourth-order valence-corrected chi connectivity index (χ4v) is 3.20. The third-order valence-corrected chi connectivity index (χ3v) is 4.48. The molecule has 0 atom stereocenters. The molecule has 0 radical (unpaired) electrons. The van der Waals surface area contributed by atoms with Crippen LogP contribution in [0.25, 0.3) is 11.0 Å². The second kappa shape index (κ2) is 5.76. The number of halogens is 3. The maximum absolute atomic E-state index is 12.9. The molecule has 3 aromatic rings. The molecule has 1 N–H and O–H groups in total. The van der Waals surface area contributed by atoms with E-state index in [4.69, 9.17) is 4.74 Å². The van der Waals surface area contributed by atoms with Crippen molar-refractivity contribution in [3.63, 3.8) is 0 Å². The molecule has 1 aliphatic heterocycles. The minimum atomic E-state index is -4.40. The van der Waals surface area contributed by atoms with Crippen molar-refractivity contribution >= 4 is 23.0 Å². The molecule has 26 heavy (non-hydrogen) atoms. The quantitative estimate of drug-likeness (QED) is 0.704. The summed E-state index contributed by atoms with van der Waals surface area (Å²) in [4.78, 5) is 21.1. The van der Waals surface area contributed by atoms with Gasteiger partial charge in [0.2, 0.25) is 5.95 Å². The lowest BCUT2D eigenvalue weighted by Crippen LogP contribution is -2.16. The molecule has 4 rings (SSSR count). The number of H-pyrrole nitrogens is 1. The zero-order chi connectivity index (χ0) is 18.5. The van der Waals surface area contributed by atoms with Crippen LogP contribution >= 0.6 is 0 Å². The summed E-state index contributed by atoms with van der Waals surface area (Å²) in [7, 11) is 1.33.